The Morgan fingerprint density at radius 3 is 2.21 bits per heavy atom. The van der Waals surface area contributed by atoms with E-state index in [0.717, 1.165) is 10.6 Å². The predicted octanol–water partition coefficient (Wildman–Crippen LogP) is 3.67. The van der Waals surface area contributed by atoms with Gasteiger partial charge in [0.15, 0.2) is 5.03 Å². The highest BCUT2D eigenvalue weighted by Crippen LogP contribution is 2.40. The predicted molar refractivity (Wildman–Crippen MR) is 88.2 cm³/mol. The van der Waals surface area contributed by atoms with Crippen molar-refractivity contribution in [3.63, 3.8) is 0 Å². The standard InChI is InChI=1S/C16H12F6N4O2S/c1-25(29(27,28)12-9-24-14-23-7-2-8-26(12)14)13(16(20,21)22)10-3-5-11(6-4-10)15(17,18)19/h2-9,13H,1H3. The average Bonchev–Trinajstić information content (AvgIpc) is 3.05. The highest BCUT2D eigenvalue weighted by atomic mass is 32.2. The number of aromatic nitrogens is 3. The maximum Gasteiger partial charge on any atom is 0.416 e. The number of hydrogen-bond donors (Lipinski definition) is 0. The van der Waals surface area contributed by atoms with Gasteiger partial charge in [-0.25, -0.2) is 18.4 Å². The highest BCUT2D eigenvalue weighted by molar-refractivity contribution is 7.89. The van der Waals surface area contributed by atoms with Gasteiger partial charge in [-0.15, -0.1) is 0 Å². The summed E-state index contributed by atoms with van der Waals surface area (Å²) >= 11 is 0. The molecule has 0 radical (unpaired) electrons. The summed E-state index contributed by atoms with van der Waals surface area (Å²) in [5, 5.41) is -0.565. The second kappa shape index (κ2) is 6.99. The van der Waals surface area contributed by atoms with Gasteiger partial charge in [0.25, 0.3) is 10.0 Å². The Hall–Kier alpha value is -2.67. The minimum Gasteiger partial charge on any atom is -0.273 e. The third kappa shape index (κ3) is 3.92. The van der Waals surface area contributed by atoms with Crippen LogP contribution in [0.1, 0.15) is 17.2 Å². The summed E-state index contributed by atoms with van der Waals surface area (Å²) < 4.78 is 106. The molecule has 2 aromatic heterocycles. The number of fused-ring (bicyclic) bond motifs is 1. The molecule has 0 saturated heterocycles. The van der Waals surface area contributed by atoms with Crippen molar-refractivity contribution in [2.45, 2.75) is 23.4 Å². The highest BCUT2D eigenvalue weighted by Gasteiger charge is 2.48. The monoisotopic (exact) mass is 438 g/mol. The number of benzene rings is 1. The van der Waals surface area contributed by atoms with E-state index in [1.165, 1.54) is 18.5 Å². The van der Waals surface area contributed by atoms with Gasteiger partial charge in [-0.05, 0) is 23.8 Å². The number of hydrogen-bond acceptors (Lipinski definition) is 4. The minimum atomic E-state index is -5.10. The molecule has 29 heavy (non-hydrogen) atoms. The second-order valence-electron chi connectivity index (χ2n) is 5.97. The van der Waals surface area contributed by atoms with E-state index in [9.17, 15) is 34.8 Å². The van der Waals surface area contributed by atoms with Crippen molar-refractivity contribution >= 4 is 15.8 Å². The molecule has 0 aliphatic rings. The van der Waals surface area contributed by atoms with Crippen LogP contribution in [-0.4, -0.2) is 40.3 Å². The summed E-state index contributed by atoms with van der Waals surface area (Å²) in [5.74, 6) is -0.0439. The zero-order chi connectivity index (χ0) is 21.6. The van der Waals surface area contributed by atoms with Crippen LogP contribution in [0.2, 0.25) is 0 Å². The number of sulfonamides is 1. The van der Waals surface area contributed by atoms with E-state index in [1.54, 1.807) is 0 Å². The lowest BCUT2D eigenvalue weighted by Crippen LogP contribution is -2.40. The molecule has 6 nitrogen and oxygen atoms in total. The Kier molecular flexibility index (Phi) is 5.07. The molecule has 1 atom stereocenters. The second-order valence-corrected chi connectivity index (χ2v) is 7.92. The molecule has 3 rings (SSSR count). The van der Waals surface area contributed by atoms with Crippen LogP contribution in [0.5, 0.6) is 0 Å². The third-order valence-electron chi connectivity index (χ3n) is 4.13. The molecule has 0 spiro atoms. The van der Waals surface area contributed by atoms with Crippen LogP contribution in [-0.2, 0) is 16.2 Å². The van der Waals surface area contributed by atoms with Crippen LogP contribution in [0.3, 0.4) is 0 Å². The molecule has 0 bridgehead atoms. The molecule has 3 aromatic rings. The van der Waals surface area contributed by atoms with Gasteiger partial charge in [0.05, 0.1) is 11.8 Å². The van der Waals surface area contributed by atoms with Gasteiger partial charge in [0, 0.05) is 19.4 Å². The third-order valence-corrected chi connectivity index (χ3v) is 5.93. The first-order valence-electron chi connectivity index (χ1n) is 7.83. The summed E-state index contributed by atoms with van der Waals surface area (Å²) in [6.45, 7) is 0. The lowest BCUT2D eigenvalue weighted by atomic mass is 10.0. The molecular weight excluding hydrogens is 426 g/mol. The first kappa shape index (κ1) is 21.0. The molecular formula is C16H12F6N4O2S. The largest absolute Gasteiger partial charge is 0.416 e. The molecule has 0 aliphatic heterocycles. The van der Waals surface area contributed by atoms with Gasteiger partial charge < -0.3 is 0 Å². The lowest BCUT2D eigenvalue weighted by molar-refractivity contribution is -0.171. The number of rotatable bonds is 4. The maximum atomic E-state index is 13.7. The Balaban J connectivity index is 2.07. The first-order chi connectivity index (χ1) is 13.3. The van der Waals surface area contributed by atoms with Crippen LogP contribution < -0.4 is 0 Å². The fourth-order valence-electron chi connectivity index (χ4n) is 2.74. The first-order valence-corrected chi connectivity index (χ1v) is 9.27. The van der Waals surface area contributed by atoms with E-state index >= 15 is 0 Å². The van der Waals surface area contributed by atoms with Gasteiger partial charge in [-0.3, -0.25) is 4.40 Å². The zero-order valence-corrected chi connectivity index (χ0v) is 15.3. The quantitative estimate of drug-likeness (QED) is 0.583. The fourth-order valence-corrected chi connectivity index (χ4v) is 4.13. The van der Waals surface area contributed by atoms with Gasteiger partial charge in [0.1, 0.15) is 6.04 Å². The SMILES string of the molecule is CN(C(c1ccc(C(F)(F)F)cc1)C(F)(F)F)S(=O)(=O)c1cnc2ncccn12. The Morgan fingerprint density at radius 2 is 1.66 bits per heavy atom. The van der Waals surface area contributed by atoms with Crippen LogP contribution >= 0.6 is 0 Å². The number of halogens is 6. The topological polar surface area (TPSA) is 67.6 Å². The van der Waals surface area contributed by atoms with E-state index in [4.69, 9.17) is 0 Å². The average molecular weight is 438 g/mol. The number of nitrogens with zero attached hydrogens (tertiary/aromatic N) is 4. The van der Waals surface area contributed by atoms with E-state index < -0.39 is 44.6 Å². The van der Waals surface area contributed by atoms with E-state index in [2.05, 4.69) is 9.97 Å². The van der Waals surface area contributed by atoms with Crippen LogP contribution in [0.25, 0.3) is 5.78 Å². The van der Waals surface area contributed by atoms with Crippen molar-refractivity contribution in [2.24, 2.45) is 0 Å². The molecule has 0 amide bonds. The Bertz CT molecular complexity index is 1120. The van der Waals surface area contributed by atoms with E-state index in [0.29, 0.717) is 31.3 Å². The van der Waals surface area contributed by atoms with Gasteiger partial charge in [0.2, 0.25) is 5.78 Å². The number of alkyl halides is 6. The normalized spacial score (nSPS) is 14.5. The van der Waals surface area contributed by atoms with Crippen molar-refractivity contribution in [2.75, 3.05) is 7.05 Å². The zero-order valence-electron chi connectivity index (χ0n) is 14.5. The van der Waals surface area contributed by atoms with Crippen molar-refractivity contribution in [1.82, 2.24) is 18.7 Å². The van der Waals surface area contributed by atoms with Crippen molar-refractivity contribution in [1.29, 1.82) is 0 Å². The van der Waals surface area contributed by atoms with Crippen molar-refractivity contribution in [3.05, 3.63) is 60.0 Å². The molecule has 1 unspecified atom stereocenters. The maximum absolute atomic E-state index is 13.7. The molecule has 0 aliphatic carbocycles. The molecule has 0 fully saturated rings. The van der Waals surface area contributed by atoms with Crippen molar-refractivity contribution < 1.29 is 34.8 Å². The minimum absolute atomic E-state index is 0.0439. The summed E-state index contributed by atoms with van der Waals surface area (Å²) in [7, 11) is -4.04. The molecule has 2 heterocycles. The summed E-state index contributed by atoms with van der Waals surface area (Å²) in [6.07, 6.45) is -6.40. The van der Waals surface area contributed by atoms with E-state index in [1.807, 2.05) is 0 Å². The molecule has 0 N–H and O–H groups in total. The smallest absolute Gasteiger partial charge is 0.273 e. The molecule has 156 valence electrons. The molecule has 0 saturated carbocycles. The van der Waals surface area contributed by atoms with Gasteiger partial charge in [-0.1, -0.05) is 12.1 Å². The van der Waals surface area contributed by atoms with Crippen LogP contribution in [0.15, 0.2) is 53.9 Å². The van der Waals surface area contributed by atoms with E-state index in [-0.39, 0.29) is 10.1 Å². The Morgan fingerprint density at radius 1 is 1.03 bits per heavy atom. The van der Waals surface area contributed by atoms with Gasteiger partial charge in [-0.2, -0.15) is 30.6 Å². The lowest BCUT2D eigenvalue weighted by Gasteiger charge is -2.29. The summed E-state index contributed by atoms with van der Waals surface area (Å²) in [4.78, 5) is 7.54. The van der Waals surface area contributed by atoms with Crippen LogP contribution in [0.4, 0.5) is 26.3 Å². The van der Waals surface area contributed by atoms with Gasteiger partial charge >= 0.3 is 12.4 Å². The number of imidazole rings is 1. The summed E-state index contributed by atoms with van der Waals surface area (Å²) in [5.41, 5.74) is -1.82. The van der Waals surface area contributed by atoms with Crippen LogP contribution in [0, 0.1) is 0 Å². The molecule has 1 aromatic carbocycles. The fraction of sp³-hybridized carbons (Fsp3) is 0.250. The van der Waals surface area contributed by atoms with Crippen molar-refractivity contribution in [3.8, 4) is 0 Å². The Labute approximate surface area is 160 Å². The summed E-state index contributed by atoms with van der Waals surface area (Å²) in [6, 6.07) is 0.785. The molecule has 13 heteroatoms.